The first-order valence-electron chi connectivity index (χ1n) is 14.3. The number of rotatable bonds is 12. The number of carbonyl (C=O) groups is 3. The zero-order valence-corrected chi connectivity index (χ0v) is 24.8. The number of likely N-dealkylation sites (N-methyl/N-ethyl adjacent to an activating group) is 1. The molecule has 1 aliphatic rings. The van der Waals surface area contributed by atoms with Gasteiger partial charge in [-0.2, -0.15) is 0 Å². The average molecular weight is 527 g/mol. The molecular weight excluding hydrogens is 476 g/mol. The Morgan fingerprint density at radius 1 is 1.03 bits per heavy atom. The van der Waals surface area contributed by atoms with Crippen LogP contribution in [-0.4, -0.2) is 71.8 Å². The molecule has 2 rings (SSSR count). The van der Waals surface area contributed by atoms with E-state index in [9.17, 15) is 14.4 Å². The number of nitrogens with zero attached hydrogens (tertiary/aromatic N) is 2. The fourth-order valence-corrected chi connectivity index (χ4v) is 5.17. The minimum atomic E-state index is -0.627. The van der Waals surface area contributed by atoms with Crippen molar-refractivity contribution in [3.05, 3.63) is 47.5 Å². The highest BCUT2D eigenvalue weighted by Crippen LogP contribution is 2.21. The first kappa shape index (κ1) is 31.5. The lowest BCUT2D eigenvalue weighted by Crippen LogP contribution is -2.58. The Morgan fingerprint density at radius 2 is 1.68 bits per heavy atom. The van der Waals surface area contributed by atoms with Crippen LogP contribution in [0, 0.1) is 11.8 Å². The predicted molar refractivity (Wildman–Crippen MR) is 155 cm³/mol. The van der Waals surface area contributed by atoms with Crippen LogP contribution in [0.3, 0.4) is 0 Å². The van der Waals surface area contributed by atoms with E-state index < -0.39 is 6.04 Å². The lowest BCUT2D eigenvalue weighted by Gasteiger charge is -2.39. The normalized spacial score (nSPS) is 18.4. The van der Waals surface area contributed by atoms with Crippen molar-refractivity contribution in [2.24, 2.45) is 11.8 Å². The predicted octanol–water partition coefficient (Wildman–Crippen LogP) is 4.18. The second kappa shape index (κ2) is 15.1. The molecule has 7 heteroatoms. The third-order valence-electron chi connectivity index (χ3n) is 7.54. The van der Waals surface area contributed by atoms with Crippen molar-refractivity contribution < 1.29 is 14.4 Å². The number of likely N-dealkylation sites (tertiary alicyclic amines) is 1. The van der Waals surface area contributed by atoms with Crippen LogP contribution in [0.2, 0.25) is 0 Å². The summed E-state index contributed by atoms with van der Waals surface area (Å²) in [6.07, 6.45) is 5.57. The quantitative estimate of drug-likeness (QED) is 0.401. The topological polar surface area (TPSA) is 81.8 Å². The van der Waals surface area contributed by atoms with Gasteiger partial charge >= 0.3 is 0 Å². The molecule has 0 saturated carbocycles. The van der Waals surface area contributed by atoms with Crippen LogP contribution in [0.1, 0.15) is 73.3 Å². The van der Waals surface area contributed by atoms with Crippen LogP contribution in [0.5, 0.6) is 0 Å². The van der Waals surface area contributed by atoms with Gasteiger partial charge in [0.05, 0.1) is 12.1 Å². The van der Waals surface area contributed by atoms with E-state index in [1.165, 1.54) is 5.56 Å². The summed E-state index contributed by atoms with van der Waals surface area (Å²) in [7, 11) is 1.77. The number of nitrogens with one attached hydrogen (secondary N) is 2. The number of hydrogen-bond donors (Lipinski definition) is 2. The van der Waals surface area contributed by atoms with E-state index >= 15 is 0 Å². The van der Waals surface area contributed by atoms with Crippen molar-refractivity contribution in [2.45, 2.75) is 98.3 Å². The molecular formula is C31H50N4O3. The van der Waals surface area contributed by atoms with E-state index in [0.29, 0.717) is 12.1 Å². The molecule has 0 aliphatic carbocycles. The van der Waals surface area contributed by atoms with Crippen molar-refractivity contribution in [2.75, 3.05) is 20.1 Å². The molecule has 3 atom stereocenters. The highest BCUT2D eigenvalue weighted by atomic mass is 16.2. The standard InChI is InChI=1S/C31H50N4O3/c1-21(2)27(20-24(7)29(36)32-18-17-25-14-10-9-11-15-25)34(8)31(38)28(22(3)4)33-30(37)26-16-12-13-19-35(26)23(5)6/h9-11,14-15,20-23,26-28H,12-13,16-19H2,1-8H3,(H,32,36)(H,33,37)/b24-20+/t26-,27-,28+/m1/s1. The zero-order valence-electron chi connectivity index (χ0n) is 24.8. The molecule has 0 aromatic heterocycles. The summed E-state index contributed by atoms with van der Waals surface area (Å²) in [6, 6.07) is 9.22. The van der Waals surface area contributed by atoms with E-state index in [-0.39, 0.29) is 47.7 Å². The maximum Gasteiger partial charge on any atom is 0.246 e. The van der Waals surface area contributed by atoms with E-state index in [1.807, 2.05) is 64.1 Å². The Bertz CT molecular complexity index is 942. The Morgan fingerprint density at radius 3 is 2.26 bits per heavy atom. The van der Waals surface area contributed by atoms with Crippen molar-refractivity contribution in [1.82, 2.24) is 20.4 Å². The molecule has 1 saturated heterocycles. The fraction of sp³-hybridized carbons (Fsp3) is 0.645. The third kappa shape index (κ3) is 8.97. The molecule has 0 radical (unpaired) electrons. The zero-order chi connectivity index (χ0) is 28.4. The summed E-state index contributed by atoms with van der Waals surface area (Å²) in [5.74, 6) is -0.303. The van der Waals surface area contributed by atoms with Crippen LogP contribution in [0.25, 0.3) is 0 Å². The molecule has 7 nitrogen and oxygen atoms in total. The first-order chi connectivity index (χ1) is 17.9. The Kier molecular flexibility index (Phi) is 12.5. The number of carbonyl (C=O) groups excluding carboxylic acids is 3. The molecule has 1 fully saturated rings. The lowest BCUT2D eigenvalue weighted by atomic mass is 9.95. The van der Waals surface area contributed by atoms with Gasteiger partial charge in [-0.3, -0.25) is 19.3 Å². The summed E-state index contributed by atoms with van der Waals surface area (Å²) in [6.45, 7) is 15.5. The summed E-state index contributed by atoms with van der Waals surface area (Å²) in [5.41, 5.74) is 1.75. The van der Waals surface area contributed by atoms with Gasteiger partial charge in [0.1, 0.15) is 6.04 Å². The molecule has 1 aliphatic heterocycles. The van der Waals surface area contributed by atoms with Gasteiger partial charge in [0.15, 0.2) is 0 Å². The minimum Gasteiger partial charge on any atom is -0.352 e. The van der Waals surface area contributed by atoms with Crippen LogP contribution in [0.4, 0.5) is 0 Å². The number of benzene rings is 1. The van der Waals surface area contributed by atoms with Crippen molar-refractivity contribution in [3.63, 3.8) is 0 Å². The van der Waals surface area contributed by atoms with Gasteiger partial charge in [0, 0.05) is 25.2 Å². The second-order valence-electron chi connectivity index (χ2n) is 11.6. The molecule has 1 aromatic carbocycles. The minimum absolute atomic E-state index is 0.0653. The molecule has 0 unspecified atom stereocenters. The van der Waals surface area contributed by atoms with Crippen LogP contribution >= 0.6 is 0 Å². The monoisotopic (exact) mass is 526 g/mol. The van der Waals surface area contributed by atoms with E-state index in [0.717, 1.165) is 32.2 Å². The van der Waals surface area contributed by atoms with E-state index in [2.05, 4.69) is 29.4 Å². The molecule has 2 N–H and O–H groups in total. The highest BCUT2D eigenvalue weighted by Gasteiger charge is 2.36. The molecule has 1 heterocycles. The van der Waals surface area contributed by atoms with E-state index in [1.54, 1.807) is 18.9 Å². The molecule has 0 spiro atoms. The van der Waals surface area contributed by atoms with Crippen LogP contribution in [0.15, 0.2) is 42.0 Å². The van der Waals surface area contributed by atoms with Gasteiger partial charge in [-0.15, -0.1) is 0 Å². The molecule has 212 valence electrons. The number of amides is 3. The van der Waals surface area contributed by atoms with Gasteiger partial charge in [-0.05, 0) is 64.0 Å². The molecule has 38 heavy (non-hydrogen) atoms. The number of hydrogen-bond acceptors (Lipinski definition) is 4. The summed E-state index contributed by atoms with van der Waals surface area (Å²) in [4.78, 5) is 43.8. The summed E-state index contributed by atoms with van der Waals surface area (Å²) in [5, 5.41) is 6.08. The van der Waals surface area contributed by atoms with E-state index in [4.69, 9.17) is 0 Å². The van der Waals surface area contributed by atoms with Gasteiger partial charge in [0.2, 0.25) is 17.7 Å². The number of piperidine rings is 1. The maximum absolute atomic E-state index is 13.7. The van der Waals surface area contributed by atoms with Crippen molar-refractivity contribution in [3.8, 4) is 0 Å². The average Bonchev–Trinajstić information content (AvgIpc) is 2.89. The lowest BCUT2D eigenvalue weighted by molar-refractivity contribution is -0.140. The first-order valence-corrected chi connectivity index (χ1v) is 14.3. The smallest absolute Gasteiger partial charge is 0.246 e. The largest absolute Gasteiger partial charge is 0.352 e. The van der Waals surface area contributed by atoms with Crippen molar-refractivity contribution >= 4 is 17.7 Å². The van der Waals surface area contributed by atoms with Gasteiger partial charge in [0.25, 0.3) is 0 Å². The SMILES string of the molecule is C/C(=C\[C@H](C(C)C)N(C)C(=O)[C@@H](NC(=O)[C@H]1CCCCN1C(C)C)C(C)C)C(=O)NCCc1ccccc1. The molecule has 1 aromatic rings. The highest BCUT2D eigenvalue weighted by molar-refractivity contribution is 5.93. The van der Waals surface area contributed by atoms with Gasteiger partial charge in [-0.25, -0.2) is 0 Å². The molecule has 3 amide bonds. The summed E-state index contributed by atoms with van der Waals surface area (Å²) >= 11 is 0. The fourth-order valence-electron chi connectivity index (χ4n) is 5.17. The van der Waals surface area contributed by atoms with Crippen LogP contribution in [-0.2, 0) is 20.8 Å². The van der Waals surface area contributed by atoms with Gasteiger partial charge in [-0.1, -0.05) is 70.5 Å². The third-order valence-corrected chi connectivity index (χ3v) is 7.54. The molecule has 0 bridgehead atoms. The summed E-state index contributed by atoms with van der Waals surface area (Å²) < 4.78 is 0. The van der Waals surface area contributed by atoms with Crippen molar-refractivity contribution in [1.29, 1.82) is 0 Å². The second-order valence-corrected chi connectivity index (χ2v) is 11.6. The Hall–Kier alpha value is -2.67. The Balaban J connectivity index is 2.09. The Labute approximate surface area is 230 Å². The maximum atomic E-state index is 13.7. The van der Waals surface area contributed by atoms with Crippen LogP contribution < -0.4 is 10.6 Å². The van der Waals surface area contributed by atoms with Gasteiger partial charge < -0.3 is 15.5 Å².